The van der Waals surface area contributed by atoms with Gasteiger partial charge in [0.2, 0.25) is 0 Å². The summed E-state index contributed by atoms with van der Waals surface area (Å²) in [5.41, 5.74) is 3.71. The molecule has 0 amide bonds. The lowest BCUT2D eigenvalue weighted by Gasteiger charge is -2.11. The second-order valence-electron chi connectivity index (χ2n) is 6.86. The van der Waals surface area contributed by atoms with E-state index in [0.29, 0.717) is 22.7 Å². The zero-order chi connectivity index (χ0) is 23.2. The number of nitro groups is 1. The summed E-state index contributed by atoms with van der Waals surface area (Å²) in [5, 5.41) is 16.5. The first-order chi connectivity index (χ1) is 16.0. The largest absolute Gasteiger partial charge is 0.493 e. The summed E-state index contributed by atoms with van der Waals surface area (Å²) in [6, 6.07) is 20.8. The van der Waals surface area contributed by atoms with E-state index in [2.05, 4.69) is 15.5 Å². The van der Waals surface area contributed by atoms with Gasteiger partial charge in [0.05, 0.1) is 23.8 Å². The number of nitrogens with zero attached hydrogens (tertiary/aromatic N) is 3. The van der Waals surface area contributed by atoms with Gasteiger partial charge < -0.3 is 9.47 Å². The first-order valence-corrected chi connectivity index (χ1v) is 9.82. The summed E-state index contributed by atoms with van der Waals surface area (Å²) in [5.74, 6) is 0.500. The topological polar surface area (TPSA) is 116 Å². The Labute approximate surface area is 188 Å². The van der Waals surface area contributed by atoms with Crippen LogP contribution in [0.15, 0.2) is 84.1 Å². The summed E-state index contributed by atoms with van der Waals surface area (Å²) in [6.45, 7) is 0. The number of fused-ring (bicyclic) bond motifs is 1. The molecule has 9 heteroatoms. The third-order valence-corrected chi connectivity index (χ3v) is 4.75. The second-order valence-corrected chi connectivity index (χ2v) is 6.86. The lowest BCUT2D eigenvalue weighted by molar-refractivity contribution is -0.385. The minimum Gasteiger partial charge on any atom is -0.493 e. The number of hydrogen-bond acceptors (Lipinski definition) is 8. The van der Waals surface area contributed by atoms with E-state index in [9.17, 15) is 14.9 Å². The van der Waals surface area contributed by atoms with E-state index in [1.54, 1.807) is 24.3 Å². The first kappa shape index (κ1) is 21.4. The fraction of sp³-hybridized carbons (Fsp3) is 0.0417. The maximum absolute atomic E-state index is 12.8. The summed E-state index contributed by atoms with van der Waals surface area (Å²) < 4.78 is 11.0. The molecule has 0 spiro atoms. The molecular weight excluding hydrogens is 424 g/mol. The monoisotopic (exact) mass is 442 g/mol. The van der Waals surface area contributed by atoms with Gasteiger partial charge in [0.1, 0.15) is 12.0 Å². The number of ether oxygens (including phenoxy) is 2. The molecule has 1 N–H and O–H groups in total. The fourth-order valence-electron chi connectivity index (χ4n) is 3.14. The summed E-state index contributed by atoms with van der Waals surface area (Å²) in [4.78, 5) is 26.9. The SMILES string of the molecule is COc1cc(/C=N\Nc2ccc([N+](=O)[O-])cn2)ccc1OC(=O)c1cccc2ccccc12. The van der Waals surface area contributed by atoms with Crippen LogP contribution in [0.1, 0.15) is 15.9 Å². The van der Waals surface area contributed by atoms with Crippen molar-refractivity contribution in [3.8, 4) is 11.5 Å². The van der Waals surface area contributed by atoms with Crippen LogP contribution in [0.3, 0.4) is 0 Å². The molecule has 9 nitrogen and oxygen atoms in total. The molecule has 1 heterocycles. The van der Waals surface area contributed by atoms with Crippen molar-refractivity contribution in [3.05, 3.63) is 100 Å². The van der Waals surface area contributed by atoms with Crippen molar-refractivity contribution >= 4 is 34.5 Å². The zero-order valence-electron chi connectivity index (χ0n) is 17.5. The number of pyridine rings is 1. The van der Waals surface area contributed by atoms with Crippen LogP contribution >= 0.6 is 0 Å². The average molecular weight is 442 g/mol. The Balaban J connectivity index is 1.48. The van der Waals surface area contributed by atoms with Gasteiger partial charge in [-0.15, -0.1) is 0 Å². The van der Waals surface area contributed by atoms with Gasteiger partial charge in [-0.2, -0.15) is 5.10 Å². The Kier molecular flexibility index (Phi) is 6.21. The molecule has 0 radical (unpaired) electrons. The van der Waals surface area contributed by atoms with Crippen molar-refractivity contribution < 1.29 is 19.2 Å². The number of hydrogen-bond donors (Lipinski definition) is 1. The third-order valence-electron chi connectivity index (χ3n) is 4.75. The van der Waals surface area contributed by atoms with E-state index in [1.165, 1.54) is 25.5 Å². The molecule has 0 saturated carbocycles. The lowest BCUT2D eigenvalue weighted by atomic mass is 10.0. The predicted octanol–water partition coefficient (Wildman–Crippen LogP) is 4.82. The number of carbonyl (C=O) groups excluding carboxylic acids is 1. The minimum absolute atomic E-state index is 0.108. The molecule has 4 aromatic rings. The van der Waals surface area contributed by atoms with Crippen LogP contribution in [0, 0.1) is 10.1 Å². The molecule has 0 unspecified atom stereocenters. The van der Waals surface area contributed by atoms with Crippen molar-refractivity contribution in [3.63, 3.8) is 0 Å². The standard InChI is InChI=1S/C24H18N4O5/c1-32-22-13-16(14-26-27-23-12-10-18(15-25-23)28(30)31)9-11-21(22)33-24(29)20-8-4-6-17-5-2-3-7-19(17)20/h2-15H,1H3,(H,25,27)/b26-14-. The normalized spacial score (nSPS) is 10.8. The van der Waals surface area contributed by atoms with Crippen molar-refractivity contribution in [2.24, 2.45) is 5.10 Å². The number of aromatic nitrogens is 1. The number of hydrazone groups is 1. The average Bonchev–Trinajstić information content (AvgIpc) is 2.84. The van der Waals surface area contributed by atoms with Crippen molar-refractivity contribution in [2.45, 2.75) is 0 Å². The first-order valence-electron chi connectivity index (χ1n) is 9.82. The summed E-state index contributed by atoms with van der Waals surface area (Å²) in [7, 11) is 1.48. The molecule has 0 saturated heterocycles. The molecule has 4 rings (SSSR count). The van der Waals surface area contributed by atoms with E-state index in [0.717, 1.165) is 17.0 Å². The summed E-state index contributed by atoms with van der Waals surface area (Å²) in [6.07, 6.45) is 2.65. The van der Waals surface area contributed by atoms with E-state index in [4.69, 9.17) is 9.47 Å². The number of benzene rings is 3. The maximum atomic E-state index is 12.8. The number of rotatable bonds is 7. The van der Waals surface area contributed by atoms with E-state index >= 15 is 0 Å². The molecule has 3 aromatic carbocycles. The van der Waals surface area contributed by atoms with Crippen LogP contribution in [0.5, 0.6) is 11.5 Å². The minimum atomic E-state index is -0.527. The molecule has 0 bridgehead atoms. The Morgan fingerprint density at radius 1 is 1.06 bits per heavy atom. The highest BCUT2D eigenvalue weighted by molar-refractivity contribution is 6.05. The van der Waals surface area contributed by atoms with Crippen LogP contribution < -0.4 is 14.9 Å². The number of nitrogens with one attached hydrogen (secondary N) is 1. The third kappa shape index (κ3) is 4.93. The van der Waals surface area contributed by atoms with Gasteiger partial charge in [0, 0.05) is 6.07 Å². The van der Waals surface area contributed by atoms with Gasteiger partial charge in [0.15, 0.2) is 11.5 Å². The maximum Gasteiger partial charge on any atom is 0.344 e. The molecule has 0 aliphatic heterocycles. The van der Waals surface area contributed by atoms with Crippen LogP contribution in [0.2, 0.25) is 0 Å². The van der Waals surface area contributed by atoms with Crippen molar-refractivity contribution in [1.82, 2.24) is 4.98 Å². The Morgan fingerprint density at radius 3 is 2.64 bits per heavy atom. The van der Waals surface area contributed by atoms with Crippen molar-refractivity contribution in [1.29, 1.82) is 0 Å². The van der Waals surface area contributed by atoms with Crippen LogP contribution in [0.25, 0.3) is 10.8 Å². The van der Waals surface area contributed by atoms with E-state index in [1.807, 2.05) is 36.4 Å². The molecule has 0 atom stereocenters. The second kappa shape index (κ2) is 9.56. The molecule has 0 fully saturated rings. The molecule has 33 heavy (non-hydrogen) atoms. The van der Waals surface area contributed by atoms with Gasteiger partial charge in [-0.05, 0) is 46.7 Å². The van der Waals surface area contributed by atoms with Crippen LogP contribution in [-0.4, -0.2) is 29.2 Å². The number of anilines is 1. The quantitative estimate of drug-likeness (QED) is 0.143. The Morgan fingerprint density at radius 2 is 1.88 bits per heavy atom. The van der Waals surface area contributed by atoms with Gasteiger partial charge in [-0.3, -0.25) is 15.5 Å². The molecule has 0 aliphatic carbocycles. The predicted molar refractivity (Wildman–Crippen MR) is 124 cm³/mol. The van der Waals surface area contributed by atoms with Crippen molar-refractivity contribution in [2.75, 3.05) is 12.5 Å². The van der Waals surface area contributed by atoms with Gasteiger partial charge in [-0.1, -0.05) is 36.4 Å². The molecule has 0 aliphatic rings. The number of esters is 1. The van der Waals surface area contributed by atoms with Gasteiger partial charge >= 0.3 is 5.97 Å². The molecular formula is C24H18N4O5. The summed E-state index contributed by atoms with van der Waals surface area (Å²) >= 11 is 0. The van der Waals surface area contributed by atoms with Crippen LogP contribution in [0.4, 0.5) is 11.5 Å². The number of carbonyl (C=O) groups is 1. The Bertz CT molecular complexity index is 1350. The van der Waals surface area contributed by atoms with Gasteiger partial charge in [0.25, 0.3) is 5.69 Å². The van der Waals surface area contributed by atoms with E-state index in [-0.39, 0.29) is 11.4 Å². The highest BCUT2D eigenvalue weighted by Crippen LogP contribution is 2.29. The highest BCUT2D eigenvalue weighted by Gasteiger charge is 2.15. The highest BCUT2D eigenvalue weighted by atomic mass is 16.6. The van der Waals surface area contributed by atoms with Gasteiger partial charge in [-0.25, -0.2) is 9.78 Å². The van der Waals surface area contributed by atoms with E-state index < -0.39 is 10.9 Å². The lowest BCUT2D eigenvalue weighted by Crippen LogP contribution is -2.10. The molecule has 1 aromatic heterocycles. The molecule has 164 valence electrons. The Hall–Kier alpha value is -4.79. The fourth-order valence-corrected chi connectivity index (χ4v) is 3.14. The zero-order valence-corrected chi connectivity index (χ0v) is 17.5. The van der Waals surface area contributed by atoms with Crippen LogP contribution in [-0.2, 0) is 0 Å². The smallest absolute Gasteiger partial charge is 0.344 e. The number of methoxy groups -OCH3 is 1.